The number of esters is 1. The first-order valence-electron chi connectivity index (χ1n) is 6.09. The van der Waals surface area contributed by atoms with Gasteiger partial charge >= 0.3 is 17.9 Å². The fraction of sp³-hybridized carbons (Fsp3) is 0.333. The summed E-state index contributed by atoms with van der Waals surface area (Å²) in [4.78, 5) is 22.8. The minimum atomic E-state index is -5.95. The molecule has 0 aliphatic rings. The normalized spacial score (nSPS) is 14.0. The zero-order chi connectivity index (χ0) is 19.7. The van der Waals surface area contributed by atoms with E-state index in [9.17, 15) is 49.8 Å². The largest absolute Gasteiger partial charge is 0.462 e. The predicted octanol–water partition coefficient (Wildman–Crippen LogP) is 1.93. The van der Waals surface area contributed by atoms with Crippen LogP contribution in [-0.2, 0) is 9.53 Å². The first-order chi connectivity index (χ1) is 11.3. The van der Waals surface area contributed by atoms with Crippen molar-refractivity contribution in [2.24, 2.45) is 0 Å². The molecule has 0 aliphatic heterocycles. The highest BCUT2D eigenvalue weighted by molar-refractivity contribution is 5.98. The number of hydrogen-bond acceptors (Lipinski definition) is 4. The van der Waals surface area contributed by atoms with Crippen LogP contribution in [-0.4, -0.2) is 35.5 Å². The number of aliphatic hydroxyl groups is 1. The van der Waals surface area contributed by atoms with Crippen molar-refractivity contribution in [2.75, 3.05) is 6.61 Å². The number of nitrogens with one attached hydrogen (secondary N) is 1. The van der Waals surface area contributed by atoms with Crippen LogP contribution in [0.4, 0.5) is 35.1 Å². The van der Waals surface area contributed by atoms with E-state index in [-0.39, 0.29) is 0 Å². The lowest BCUT2D eigenvalue weighted by molar-refractivity contribution is -0.269. The molecule has 0 heterocycles. The highest BCUT2D eigenvalue weighted by atomic mass is 19.4. The predicted molar refractivity (Wildman–Crippen MR) is 61.3 cm³/mol. The highest BCUT2D eigenvalue weighted by Crippen LogP contribution is 2.31. The summed E-state index contributed by atoms with van der Waals surface area (Å²) in [5.41, 5.74) is -7.12. The van der Waals surface area contributed by atoms with Gasteiger partial charge in [0, 0.05) is 0 Å². The summed E-state index contributed by atoms with van der Waals surface area (Å²) in [7, 11) is 0. The van der Waals surface area contributed by atoms with Gasteiger partial charge in [-0.25, -0.2) is 26.7 Å². The smallest absolute Gasteiger partial charge is 0.448 e. The summed E-state index contributed by atoms with van der Waals surface area (Å²) in [5, 5.41) is 9.79. The van der Waals surface area contributed by atoms with E-state index in [1.807, 2.05) is 0 Å². The van der Waals surface area contributed by atoms with Crippen LogP contribution in [0.15, 0.2) is 0 Å². The summed E-state index contributed by atoms with van der Waals surface area (Å²) < 4.78 is 108. The molecular weight excluding hydrogens is 374 g/mol. The average molecular weight is 381 g/mol. The van der Waals surface area contributed by atoms with Crippen LogP contribution in [0.5, 0.6) is 0 Å². The Morgan fingerprint density at radius 2 is 1.36 bits per heavy atom. The van der Waals surface area contributed by atoms with Crippen molar-refractivity contribution in [1.82, 2.24) is 5.32 Å². The maximum atomic E-state index is 13.4. The van der Waals surface area contributed by atoms with Gasteiger partial charge in [0.15, 0.2) is 23.3 Å². The number of halogens is 8. The first-order valence-corrected chi connectivity index (χ1v) is 6.09. The third kappa shape index (κ3) is 3.50. The Kier molecular flexibility index (Phi) is 5.62. The molecule has 1 aromatic rings. The third-order valence-electron chi connectivity index (χ3n) is 2.71. The molecule has 0 saturated heterocycles. The van der Waals surface area contributed by atoms with Gasteiger partial charge in [0.2, 0.25) is 5.82 Å². The third-order valence-corrected chi connectivity index (χ3v) is 2.71. The molecule has 0 fully saturated rings. The molecule has 0 bridgehead atoms. The molecule has 0 radical (unpaired) electrons. The van der Waals surface area contributed by atoms with Crippen molar-refractivity contribution in [3.63, 3.8) is 0 Å². The first kappa shape index (κ1) is 20.6. The molecule has 13 heteroatoms. The highest BCUT2D eigenvalue weighted by Gasteiger charge is 2.62. The Hall–Kier alpha value is -2.44. The van der Waals surface area contributed by atoms with Crippen LogP contribution in [0.1, 0.15) is 17.3 Å². The zero-order valence-electron chi connectivity index (χ0n) is 11.9. The fourth-order valence-corrected chi connectivity index (χ4v) is 1.50. The summed E-state index contributed by atoms with van der Waals surface area (Å²) in [5.74, 6) is -18.5. The second-order valence-corrected chi connectivity index (χ2v) is 4.33. The van der Waals surface area contributed by atoms with Gasteiger partial charge in [0.05, 0.1) is 6.61 Å². The number of amides is 1. The molecule has 0 saturated carbocycles. The van der Waals surface area contributed by atoms with Gasteiger partial charge in [-0.15, -0.1) is 0 Å². The number of rotatable bonds is 4. The van der Waals surface area contributed by atoms with Crippen LogP contribution < -0.4 is 5.32 Å². The number of ether oxygens (including phenoxy) is 1. The SMILES string of the molecule is CCOC(=O)[C@](O)(NC(=O)c1c(F)c(F)c(F)c(F)c1F)C(F)(F)F. The molecule has 5 nitrogen and oxygen atoms in total. The average Bonchev–Trinajstić information content (AvgIpc) is 2.50. The van der Waals surface area contributed by atoms with Crippen molar-refractivity contribution in [1.29, 1.82) is 0 Å². The van der Waals surface area contributed by atoms with E-state index in [1.54, 1.807) is 0 Å². The lowest BCUT2D eigenvalue weighted by Gasteiger charge is -2.28. The van der Waals surface area contributed by atoms with Crippen LogP contribution in [0, 0.1) is 29.1 Å². The van der Waals surface area contributed by atoms with Crippen molar-refractivity contribution < 1.29 is 54.6 Å². The van der Waals surface area contributed by atoms with Gasteiger partial charge < -0.3 is 15.2 Å². The molecule has 1 rings (SSSR count). The zero-order valence-corrected chi connectivity index (χ0v) is 11.9. The summed E-state index contributed by atoms with van der Waals surface area (Å²) >= 11 is 0. The Balaban J connectivity index is 3.44. The van der Waals surface area contributed by atoms with E-state index in [4.69, 9.17) is 0 Å². The quantitative estimate of drug-likeness (QED) is 0.275. The molecule has 1 amide bonds. The Morgan fingerprint density at radius 1 is 0.960 bits per heavy atom. The van der Waals surface area contributed by atoms with Gasteiger partial charge in [-0.3, -0.25) is 4.79 Å². The molecule has 140 valence electrons. The van der Waals surface area contributed by atoms with E-state index < -0.39 is 65.0 Å². The minimum absolute atomic E-state index is 0.471. The van der Waals surface area contributed by atoms with Crippen molar-refractivity contribution in [3.05, 3.63) is 34.6 Å². The van der Waals surface area contributed by atoms with Crippen LogP contribution in [0.2, 0.25) is 0 Å². The number of benzene rings is 1. The lowest BCUT2D eigenvalue weighted by Crippen LogP contribution is -2.64. The number of carbonyl (C=O) groups is 2. The second kappa shape index (κ2) is 6.82. The molecular formula is C12H7F8NO4. The van der Waals surface area contributed by atoms with E-state index in [0.29, 0.717) is 5.32 Å². The van der Waals surface area contributed by atoms with Gasteiger partial charge in [-0.2, -0.15) is 13.2 Å². The van der Waals surface area contributed by atoms with Crippen molar-refractivity contribution in [3.8, 4) is 0 Å². The van der Waals surface area contributed by atoms with Crippen LogP contribution in [0.25, 0.3) is 0 Å². The van der Waals surface area contributed by atoms with Crippen molar-refractivity contribution in [2.45, 2.75) is 18.8 Å². The summed E-state index contributed by atoms with van der Waals surface area (Å²) in [6.07, 6.45) is -5.95. The molecule has 1 aromatic carbocycles. The molecule has 1 atom stereocenters. The van der Waals surface area contributed by atoms with Gasteiger partial charge in [-0.1, -0.05) is 0 Å². The fourth-order valence-electron chi connectivity index (χ4n) is 1.50. The van der Waals surface area contributed by atoms with Crippen molar-refractivity contribution >= 4 is 11.9 Å². The number of alkyl halides is 3. The van der Waals surface area contributed by atoms with Gasteiger partial charge in [-0.05, 0) is 6.92 Å². The van der Waals surface area contributed by atoms with E-state index in [0.717, 1.165) is 6.92 Å². The van der Waals surface area contributed by atoms with Gasteiger partial charge in [0.25, 0.3) is 5.91 Å². The molecule has 0 aromatic heterocycles. The lowest BCUT2D eigenvalue weighted by atomic mass is 10.1. The molecule has 2 N–H and O–H groups in total. The van der Waals surface area contributed by atoms with E-state index in [2.05, 4.69) is 4.74 Å². The number of hydrogen-bond donors (Lipinski definition) is 2. The maximum absolute atomic E-state index is 13.4. The monoisotopic (exact) mass is 381 g/mol. The molecule has 25 heavy (non-hydrogen) atoms. The topological polar surface area (TPSA) is 75.6 Å². The van der Waals surface area contributed by atoms with Crippen LogP contribution in [0.3, 0.4) is 0 Å². The summed E-state index contributed by atoms with van der Waals surface area (Å²) in [6, 6.07) is 0. The Bertz CT molecular complexity index is 691. The Labute approximate surface area is 133 Å². The van der Waals surface area contributed by atoms with Crippen LogP contribution >= 0.6 is 0 Å². The maximum Gasteiger partial charge on any atom is 0.448 e. The van der Waals surface area contributed by atoms with Gasteiger partial charge in [0.1, 0.15) is 5.56 Å². The second-order valence-electron chi connectivity index (χ2n) is 4.33. The van der Waals surface area contributed by atoms with E-state index >= 15 is 0 Å². The standard InChI is InChI=1S/C12H7F8NO4/c1-2-25-10(23)11(24,12(18,19)20)21-9(22)3-4(13)6(15)8(17)7(16)5(3)14/h24H,2H2,1H3,(H,21,22)/t11-/m1/s1. The van der Waals surface area contributed by atoms with E-state index in [1.165, 1.54) is 0 Å². The molecule has 0 aliphatic carbocycles. The Morgan fingerprint density at radius 3 is 1.72 bits per heavy atom. The summed E-state index contributed by atoms with van der Waals surface area (Å²) in [6.45, 7) is 0.330. The molecule has 0 unspecified atom stereocenters. The molecule has 0 spiro atoms. The minimum Gasteiger partial charge on any atom is -0.462 e. The number of carbonyl (C=O) groups excluding carboxylic acids is 2.